The number of thiophene rings is 1. The molecule has 0 amide bonds. The predicted octanol–water partition coefficient (Wildman–Crippen LogP) is 5.95. The first-order valence-electron chi connectivity index (χ1n) is 7.12. The molecule has 0 saturated carbocycles. The van der Waals surface area contributed by atoms with Crippen molar-refractivity contribution in [1.29, 1.82) is 0 Å². The Balaban J connectivity index is 2.10. The highest BCUT2D eigenvalue weighted by molar-refractivity contribution is 9.10. The molecule has 1 heterocycles. The minimum atomic E-state index is -0.147. The smallest absolute Gasteiger partial charge is 0.127 e. The van der Waals surface area contributed by atoms with Crippen LogP contribution in [0.15, 0.2) is 16.6 Å². The number of alkyl halides is 1. The highest BCUT2D eigenvalue weighted by atomic mass is 79.9. The van der Waals surface area contributed by atoms with Gasteiger partial charge in [0.1, 0.15) is 5.75 Å². The molecule has 4 heteroatoms. The van der Waals surface area contributed by atoms with Gasteiger partial charge < -0.3 is 4.74 Å². The maximum Gasteiger partial charge on any atom is 0.127 e. The van der Waals surface area contributed by atoms with E-state index in [9.17, 15) is 0 Å². The third-order valence-corrected chi connectivity index (χ3v) is 6.89. The molecular weight excluding hydrogens is 368 g/mol. The Bertz CT molecular complexity index is 671. The van der Waals surface area contributed by atoms with E-state index in [1.54, 1.807) is 7.11 Å². The molecule has 0 bridgehead atoms. The summed E-state index contributed by atoms with van der Waals surface area (Å²) in [6.07, 6.45) is 3.69. The van der Waals surface area contributed by atoms with Crippen LogP contribution in [0.3, 0.4) is 0 Å². The van der Waals surface area contributed by atoms with Crippen LogP contribution in [0.2, 0.25) is 0 Å². The summed E-state index contributed by atoms with van der Waals surface area (Å²) in [6.45, 7) is 4.16. The van der Waals surface area contributed by atoms with Crippen LogP contribution in [0.1, 0.15) is 43.8 Å². The van der Waals surface area contributed by atoms with Crippen molar-refractivity contribution in [3.05, 3.63) is 48.6 Å². The van der Waals surface area contributed by atoms with Crippen molar-refractivity contribution >= 4 is 38.9 Å². The minimum Gasteiger partial charge on any atom is -0.496 e. The lowest BCUT2D eigenvalue weighted by molar-refractivity contribution is 0.406. The maximum absolute atomic E-state index is 6.84. The zero-order valence-electron chi connectivity index (χ0n) is 12.4. The number of hydrogen-bond acceptors (Lipinski definition) is 2. The van der Waals surface area contributed by atoms with Crippen molar-refractivity contribution in [2.75, 3.05) is 7.11 Å². The van der Waals surface area contributed by atoms with Gasteiger partial charge in [-0.15, -0.1) is 22.9 Å². The maximum atomic E-state index is 6.84. The third kappa shape index (κ3) is 2.64. The number of ether oxygens (including phenoxy) is 1. The number of halogens is 2. The summed E-state index contributed by atoms with van der Waals surface area (Å²) in [5.41, 5.74) is 4.85. The van der Waals surface area contributed by atoms with Gasteiger partial charge in [-0.1, -0.05) is 15.9 Å². The van der Waals surface area contributed by atoms with Gasteiger partial charge in [0.15, 0.2) is 0 Å². The van der Waals surface area contributed by atoms with Gasteiger partial charge in [0.25, 0.3) is 0 Å². The second-order valence-corrected chi connectivity index (χ2v) is 8.02. The van der Waals surface area contributed by atoms with Crippen LogP contribution in [-0.2, 0) is 12.8 Å². The summed E-state index contributed by atoms with van der Waals surface area (Å²) in [4.78, 5) is 2.75. The average molecular weight is 386 g/mol. The first-order valence-corrected chi connectivity index (χ1v) is 9.16. The third-order valence-electron chi connectivity index (χ3n) is 4.18. The zero-order chi connectivity index (χ0) is 15.1. The van der Waals surface area contributed by atoms with Crippen molar-refractivity contribution in [2.45, 2.75) is 38.5 Å². The monoisotopic (exact) mass is 384 g/mol. The second kappa shape index (κ2) is 5.94. The largest absolute Gasteiger partial charge is 0.496 e. The van der Waals surface area contributed by atoms with E-state index in [1.807, 2.05) is 11.3 Å². The van der Waals surface area contributed by atoms with Crippen LogP contribution in [0.5, 0.6) is 5.75 Å². The van der Waals surface area contributed by atoms with E-state index in [4.69, 9.17) is 16.3 Å². The lowest BCUT2D eigenvalue weighted by Gasteiger charge is -2.19. The molecular formula is C17H18BrClOS. The lowest BCUT2D eigenvalue weighted by Crippen LogP contribution is -2.02. The second-order valence-electron chi connectivity index (χ2n) is 5.56. The van der Waals surface area contributed by atoms with Crippen molar-refractivity contribution in [3.63, 3.8) is 0 Å². The molecule has 1 aliphatic carbocycles. The van der Waals surface area contributed by atoms with Crippen molar-refractivity contribution in [2.24, 2.45) is 0 Å². The molecule has 0 aliphatic heterocycles. The van der Waals surface area contributed by atoms with Crippen molar-refractivity contribution < 1.29 is 4.74 Å². The molecule has 1 nitrogen and oxygen atoms in total. The number of benzene rings is 1. The number of aryl methyl sites for hydroxylation is 3. The van der Waals surface area contributed by atoms with Gasteiger partial charge in [0.2, 0.25) is 0 Å². The van der Waals surface area contributed by atoms with Crippen LogP contribution >= 0.6 is 38.9 Å². The predicted molar refractivity (Wildman–Crippen MR) is 94.2 cm³/mol. The van der Waals surface area contributed by atoms with Crippen molar-refractivity contribution in [3.8, 4) is 5.75 Å². The van der Waals surface area contributed by atoms with Gasteiger partial charge in [0.05, 0.1) is 12.5 Å². The minimum absolute atomic E-state index is 0.147. The molecule has 112 valence electrons. The van der Waals surface area contributed by atoms with E-state index < -0.39 is 0 Å². The highest BCUT2D eigenvalue weighted by Crippen LogP contribution is 2.45. The molecule has 1 atom stereocenters. The van der Waals surface area contributed by atoms with Crippen LogP contribution in [0.25, 0.3) is 0 Å². The molecule has 0 N–H and O–H groups in total. The summed E-state index contributed by atoms with van der Waals surface area (Å²) in [5, 5.41) is -0.147. The number of hydrogen-bond donors (Lipinski definition) is 0. The SMILES string of the molecule is COc1c(C)cc(Br)c(C)c1C(Cl)c1cc2c(s1)CCC2. The molecule has 0 radical (unpaired) electrons. The first-order chi connectivity index (χ1) is 10.0. The Morgan fingerprint density at radius 3 is 2.71 bits per heavy atom. The van der Waals surface area contributed by atoms with Crippen LogP contribution in [0, 0.1) is 13.8 Å². The highest BCUT2D eigenvalue weighted by Gasteiger charge is 2.25. The Labute approximate surface area is 143 Å². The molecule has 0 fully saturated rings. The molecule has 3 rings (SSSR count). The molecule has 0 saturated heterocycles. The fourth-order valence-corrected chi connectivity index (χ4v) is 5.33. The Kier molecular flexibility index (Phi) is 4.35. The fraction of sp³-hybridized carbons (Fsp3) is 0.412. The van der Waals surface area contributed by atoms with Crippen LogP contribution in [-0.4, -0.2) is 7.11 Å². The Hall–Kier alpha value is -0.510. The molecule has 0 spiro atoms. The van der Waals surface area contributed by atoms with Gasteiger partial charge in [-0.3, -0.25) is 0 Å². The summed E-state index contributed by atoms with van der Waals surface area (Å²) in [5.74, 6) is 0.907. The van der Waals surface area contributed by atoms with Crippen LogP contribution < -0.4 is 4.74 Å². The van der Waals surface area contributed by atoms with Crippen LogP contribution in [0.4, 0.5) is 0 Å². The normalized spacial score (nSPS) is 15.1. The zero-order valence-corrected chi connectivity index (χ0v) is 15.6. The summed E-state index contributed by atoms with van der Waals surface area (Å²) in [6, 6.07) is 4.38. The molecule has 1 aromatic carbocycles. The van der Waals surface area contributed by atoms with E-state index in [0.29, 0.717) is 0 Å². The van der Waals surface area contributed by atoms with E-state index >= 15 is 0 Å². The molecule has 2 aromatic rings. The van der Waals surface area contributed by atoms with Gasteiger partial charge >= 0.3 is 0 Å². The van der Waals surface area contributed by atoms with Crippen molar-refractivity contribution in [1.82, 2.24) is 0 Å². The molecule has 1 unspecified atom stereocenters. The van der Waals surface area contributed by atoms with Gasteiger partial charge in [-0.05, 0) is 61.9 Å². The summed E-state index contributed by atoms with van der Waals surface area (Å²) in [7, 11) is 1.72. The average Bonchev–Trinajstić information content (AvgIpc) is 3.02. The quantitative estimate of drug-likeness (QED) is 0.593. The lowest BCUT2D eigenvalue weighted by atomic mass is 9.99. The topological polar surface area (TPSA) is 9.23 Å². The first kappa shape index (κ1) is 15.4. The van der Waals surface area contributed by atoms with Gasteiger partial charge in [-0.25, -0.2) is 0 Å². The Morgan fingerprint density at radius 1 is 1.29 bits per heavy atom. The van der Waals surface area contributed by atoms with Gasteiger partial charge in [0, 0.05) is 19.8 Å². The summed E-state index contributed by atoms with van der Waals surface area (Å²) >= 11 is 12.3. The Morgan fingerprint density at radius 2 is 2.05 bits per heavy atom. The number of methoxy groups -OCH3 is 1. The van der Waals surface area contributed by atoms with Gasteiger partial charge in [-0.2, -0.15) is 0 Å². The fourth-order valence-electron chi connectivity index (χ4n) is 3.07. The van der Waals surface area contributed by atoms with E-state index in [0.717, 1.165) is 26.9 Å². The van der Waals surface area contributed by atoms with E-state index in [1.165, 1.54) is 34.6 Å². The molecule has 1 aromatic heterocycles. The number of rotatable bonds is 3. The molecule has 21 heavy (non-hydrogen) atoms. The van der Waals surface area contributed by atoms with E-state index in [-0.39, 0.29) is 5.38 Å². The van der Waals surface area contributed by atoms with E-state index in [2.05, 4.69) is 41.9 Å². The molecule has 1 aliphatic rings. The standard InChI is InChI=1S/C17H18BrClOS/c1-9-7-12(18)10(2)15(17(9)20-3)16(19)14-8-11-5-4-6-13(11)21-14/h7-8,16H,4-6H2,1-3H3. The summed E-state index contributed by atoms with van der Waals surface area (Å²) < 4.78 is 6.72. The number of fused-ring (bicyclic) bond motifs is 1.